The van der Waals surface area contributed by atoms with Crippen LogP contribution in [-0.4, -0.2) is 28.5 Å². The van der Waals surface area contributed by atoms with Gasteiger partial charge >= 0.3 is 0 Å². The van der Waals surface area contributed by atoms with E-state index < -0.39 is 11.6 Å². The predicted molar refractivity (Wildman–Crippen MR) is 110 cm³/mol. The van der Waals surface area contributed by atoms with E-state index in [2.05, 4.69) is 5.32 Å². The molecule has 0 radical (unpaired) electrons. The molecule has 3 N–H and O–H groups in total. The topological polar surface area (TPSA) is 52.5 Å². The summed E-state index contributed by atoms with van der Waals surface area (Å²) in [7, 11) is 0. The van der Waals surface area contributed by atoms with Crippen molar-refractivity contribution >= 4 is 44.7 Å². The lowest BCUT2D eigenvalue weighted by atomic mass is 9.91. The van der Waals surface area contributed by atoms with Gasteiger partial charge < -0.3 is 15.5 Å². The molecule has 26 heavy (non-hydrogen) atoms. The van der Waals surface area contributed by atoms with Gasteiger partial charge in [0.05, 0.1) is 23.3 Å². The van der Waals surface area contributed by atoms with Crippen LogP contribution < -0.4 is 5.32 Å². The zero-order chi connectivity index (χ0) is 18.9. The summed E-state index contributed by atoms with van der Waals surface area (Å²) < 4.78 is 0. The van der Waals surface area contributed by atoms with Crippen molar-refractivity contribution in [3.63, 3.8) is 0 Å². The van der Waals surface area contributed by atoms with Crippen molar-refractivity contribution in [2.24, 2.45) is 0 Å². The van der Waals surface area contributed by atoms with Crippen LogP contribution in [0.1, 0.15) is 25.8 Å². The van der Waals surface area contributed by atoms with E-state index in [-0.39, 0.29) is 6.61 Å². The van der Waals surface area contributed by atoms with Gasteiger partial charge in [-0.25, -0.2) is 0 Å². The Kier molecular flexibility index (Phi) is 5.75. The second-order valence-corrected chi connectivity index (χ2v) is 7.70. The highest BCUT2D eigenvalue weighted by Crippen LogP contribution is 2.37. The molecule has 0 amide bonds. The predicted octanol–water partition coefficient (Wildman–Crippen LogP) is 4.91. The summed E-state index contributed by atoms with van der Waals surface area (Å²) in [6.07, 6.45) is -0.0984. The van der Waals surface area contributed by atoms with E-state index in [0.717, 1.165) is 27.1 Å². The third kappa shape index (κ3) is 3.42. The van der Waals surface area contributed by atoms with Gasteiger partial charge in [-0.05, 0) is 41.8 Å². The number of aliphatic hydroxyl groups excluding tert-OH is 2. The normalized spacial score (nSPS) is 15.3. The van der Waals surface area contributed by atoms with Crippen LogP contribution in [-0.2, 0) is 6.54 Å². The molecule has 0 saturated carbocycles. The lowest BCUT2D eigenvalue weighted by molar-refractivity contribution is 0.0263. The number of aliphatic hydroxyl groups is 2. The van der Waals surface area contributed by atoms with Gasteiger partial charge in [0.2, 0.25) is 0 Å². The van der Waals surface area contributed by atoms with Crippen LogP contribution in [0, 0.1) is 0 Å². The lowest BCUT2D eigenvalue weighted by Crippen LogP contribution is -2.54. The molecule has 0 aliphatic rings. The number of hydrogen-bond donors (Lipinski definition) is 3. The molecule has 3 aromatic rings. The van der Waals surface area contributed by atoms with Crippen molar-refractivity contribution < 1.29 is 10.2 Å². The summed E-state index contributed by atoms with van der Waals surface area (Å²) in [5.41, 5.74) is 0.255. The molecule has 0 heterocycles. The van der Waals surface area contributed by atoms with Crippen LogP contribution in [0.15, 0.2) is 42.5 Å². The van der Waals surface area contributed by atoms with Gasteiger partial charge in [-0.1, -0.05) is 60.5 Å². The highest BCUT2D eigenvalue weighted by Gasteiger charge is 2.31. The third-order valence-electron chi connectivity index (χ3n) is 5.15. The summed E-state index contributed by atoms with van der Waals surface area (Å²) in [6, 6.07) is 13.7. The van der Waals surface area contributed by atoms with E-state index in [4.69, 9.17) is 23.2 Å². The molecule has 0 fully saturated rings. The smallest absolute Gasteiger partial charge is 0.0739 e. The Morgan fingerprint density at radius 1 is 1.04 bits per heavy atom. The summed E-state index contributed by atoms with van der Waals surface area (Å²) in [6.45, 7) is 4.04. The van der Waals surface area contributed by atoms with Gasteiger partial charge in [-0.3, -0.25) is 0 Å². The molecule has 0 bridgehead atoms. The van der Waals surface area contributed by atoms with Gasteiger partial charge in [0, 0.05) is 22.3 Å². The number of hydrogen-bond acceptors (Lipinski definition) is 3. The number of fused-ring (bicyclic) bond motifs is 2. The maximum absolute atomic E-state index is 10.3. The molecule has 0 aliphatic heterocycles. The first kappa shape index (κ1) is 19.4. The zero-order valence-corrected chi connectivity index (χ0v) is 16.4. The SMILES string of the molecule is CCC(O)C(C)(CO)NCc1c2ccccc2c(Cl)c2ccc(Cl)cc12. The molecule has 3 nitrogen and oxygen atoms in total. The van der Waals surface area contributed by atoms with E-state index in [1.165, 1.54) is 0 Å². The van der Waals surface area contributed by atoms with Gasteiger partial charge in [0.1, 0.15) is 0 Å². The highest BCUT2D eigenvalue weighted by atomic mass is 35.5. The number of nitrogens with one attached hydrogen (secondary N) is 1. The zero-order valence-electron chi connectivity index (χ0n) is 14.9. The maximum atomic E-state index is 10.3. The average Bonchev–Trinajstić information content (AvgIpc) is 2.66. The van der Waals surface area contributed by atoms with Crippen LogP contribution >= 0.6 is 23.2 Å². The minimum atomic E-state index is -0.791. The first-order valence-corrected chi connectivity index (χ1v) is 9.49. The Morgan fingerprint density at radius 2 is 1.69 bits per heavy atom. The van der Waals surface area contributed by atoms with E-state index >= 15 is 0 Å². The largest absolute Gasteiger partial charge is 0.394 e. The number of rotatable bonds is 6. The second kappa shape index (κ2) is 7.71. The summed E-state index contributed by atoms with van der Waals surface area (Å²) in [5.74, 6) is 0. The van der Waals surface area contributed by atoms with E-state index in [1.54, 1.807) is 0 Å². The van der Waals surface area contributed by atoms with Gasteiger partial charge in [0.25, 0.3) is 0 Å². The Labute approximate surface area is 163 Å². The molecule has 2 atom stereocenters. The molecule has 5 heteroatoms. The number of halogens is 2. The van der Waals surface area contributed by atoms with E-state index in [0.29, 0.717) is 23.0 Å². The summed E-state index contributed by atoms with van der Waals surface area (Å²) >= 11 is 12.9. The molecule has 0 spiro atoms. The molecule has 0 saturated heterocycles. The van der Waals surface area contributed by atoms with Crippen molar-refractivity contribution in [2.45, 2.75) is 38.5 Å². The van der Waals surface area contributed by atoms with Crippen molar-refractivity contribution in [3.8, 4) is 0 Å². The van der Waals surface area contributed by atoms with Gasteiger partial charge in [-0.15, -0.1) is 0 Å². The third-order valence-corrected chi connectivity index (χ3v) is 5.79. The van der Waals surface area contributed by atoms with E-state index in [9.17, 15) is 10.2 Å². The number of benzene rings is 3. The van der Waals surface area contributed by atoms with Crippen molar-refractivity contribution in [2.75, 3.05) is 6.61 Å². The van der Waals surface area contributed by atoms with Gasteiger partial charge in [0.15, 0.2) is 0 Å². The standard InChI is InChI=1S/C21H23Cl2NO2/c1-3-19(26)21(2,12-25)24-11-18-14-6-4-5-7-15(14)20(23)16-9-8-13(22)10-17(16)18/h4-10,19,24-26H,3,11-12H2,1-2H3. The molecular formula is C21H23Cl2NO2. The fourth-order valence-corrected chi connectivity index (χ4v) is 3.90. The minimum Gasteiger partial charge on any atom is -0.394 e. The van der Waals surface area contributed by atoms with Crippen LogP contribution in [0.3, 0.4) is 0 Å². The Morgan fingerprint density at radius 3 is 2.35 bits per heavy atom. The summed E-state index contributed by atoms with van der Waals surface area (Å²) in [4.78, 5) is 0. The summed E-state index contributed by atoms with van der Waals surface area (Å²) in [5, 5.41) is 28.7. The molecule has 0 aliphatic carbocycles. The minimum absolute atomic E-state index is 0.160. The molecular weight excluding hydrogens is 369 g/mol. The first-order valence-electron chi connectivity index (χ1n) is 8.73. The van der Waals surface area contributed by atoms with Crippen molar-refractivity contribution in [1.29, 1.82) is 0 Å². The highest BCUT2D eigenvalue weighted by molar-refractivity contribution is 6.41. The Balaban J connectivity index is 2.17. The fraction of sp³-hybridized carbons (Fsp3) is 0.333. The molecule has 0 aromatic heterocycles. The van der Waals surface area contributed by atoms with Crippen molar-refractivity contribution in [3.05, 3.63) is 58.1 Å². The maximum Gasteiger partial charge on any atom is 0.0739 e. The Hall–Kier alpha value is -1.36. The molecule has 3 aromatic carbocycles. The average molecular weight is 392 g/mol. The van der Waals surface area contributed by atoms with Gasteiger partial charge in [-0.2, -0.15) is 0 Å². The van der Waals surface area contributed by atoms with E-state index in [1.807, 2.05) is 56.3 Å². The molecule has 3 rings (SSSR count). The van der Waals surface area contributed by atoms with Crippen LogP contribution in [0.4, 0.5) is 0 Å². The van der Waals surface area contributed by atoms with Crippen LogP contribution in [0.25, 0.3) is 21.5 Å². The monoisotopic (exact) mass is 391 g/mol. The Bertz CT molecular complexity index is 944. The molecule has 138 valence electrons. The van der Waals surface area contributed by atoms with Crippen LogP contribution in [0.2, 0.25) is 10.0 Å². The lowest BCUT2D eigenvalue weighted by Gasteiger charge is -2.34. The van der Waals surface area contributed by atoms with Crippen molar-refractivity contribution in [1.82, 2.24) is 5.32 Å². The quantitative estimate of drug-likeness (QED) is 0.523. The van der Waals surface area contributed by atoms with Crippen LogP contribution in [0.5, 0.6) is 0 Å². The first-order chi connectivity index (χ1) is 12.4. The second-order valence-electron chi connectivity index (χ2n) is 6.88. The fourth-order valence-electron chi connectivity index (χ4n) is 3.40. The molecule has 2 unspecified atom stereocenters.